The molecule has 1 aliphatic rings. The minimum Gasteiger partial charge on any atom is -0.360 e. The summed E-state index contributed by atoms with van der Waals surface area (Å²) in [5.74, 6) is 0. The van der Waals surface area contributed by atoms with Gasteiger partial charge in [-0.3, -0.25) is 0 Å². The maximum Gasteiger partial charge on any atom is 0.130 e. The second-order valence-electron chi connectivity index (χ2n) is 4.92. The highest BCUT2D eigenvalue weighted by Gasteiger charge is 2.32. The van der Waals surface area contributed by atoms with Gasteiger partial charge in [-0.15, -0.1) is 0 Å². The maximum absolute atomic E-state index is 4.15. The van der Waals surface area contributed by atoms with E-state index in [-0.39, 0.29) is 6.17 Å². The number of hydrogen-bond acceptors (Lipinski definition) is 2. The topological polar surface area (TPSA) is 15.3 Å². The van der Waals surface area contributed by atoms with Crippen molar-refractivity contribution in [1.82, 2.24) is 10.2 Å². The summed E-state index contributed by atoms with van der Waals surface area (Å²) in [6, 6.07) is 10.3. The molecule has 1 saturated heterocycles. The van der Waals surface area contributed by atoms with Gasteiger partial charge in [-0.2, -0.15) is 0 Å². The Morgan fingerprint density at radius 2 is 1.95 bits per heavy atom. The quantitative estimate of drug-likeness (QED) is 0.782. The number of benzene rings is 1. The van der Waals surface area contributed by atoms with E-state index < -0.39 is 0 Å². The van der Waals surface area contributed by atoms with Crippen LogP contribution in [0, 0.1) is 0 Å². The standard InChI is InChI=1S/C20H22N2/c1-5-8-15-19-16(4)21-20(17-13-10-9-11-14-17)22(19)18(7-3)12-6-2/h5-15,20-21H,2-4H2,1H3/b8-5-,18-12+,19-15+. The summed E-state index contributed by atoms with van der Waals surface area (Å²) < 4.78 is 0. The van der Waals surface area contributed by atoms with Gasteiger partial charge < -0.3 is 10.2 Å². The van der Waals surface area contributed by atoms with Crippen LogP contribution in [-0.2, 0) is 0 Å². The van der Waals surface area contributed by atoms with Crippen molar-refractivity contribution in [2.75, 3.05) is 0 Å². The predicted octanol–water partition coefficient (Wildman–Crippen LogP) is 4.82. The summed E-state index contributed by atoms with van der Waals surface area (Å²) in [6.07, 6.45) is 11.6. The number of rotatable bonds is 5. The van der Waals surface area contributed by atoms with Gasteiger partial charge in [0.1, 0.15) is 6.17 Å². The van der Waals surface area contributed by atoms with Crippen LogP contribution in [0.2, 0.25) is 0 Å². The molecule has 0 saturated carbocycles. The van der Waals surface area contributed by atoms with Crippen LogP contribution < -0.4 is 5.32 Å². The zero-order valence-electron chi connectivity index (χ0n) is 13.0. The molecule has 0 bridgehead atoms. The fraction of sp³-hybridized carbons (Fsp3) is 0.100. The first-order valence-corrected chi connectivity index (χ1v) is 7.31. The van der Waals surface area contributed by atoms with Crippen LogP contribution in [-0.4, -0.2) is 4.90 Å². The molecule has 0 aliphatic carbocycles. The van der Waals surface area contributed by atoms with Crippen LogP contribution in [0.25, 0.3) is 0 Å². The van der Waals surface area contributed by atoms with Crippen molar-refractivity contribution in [2.24, 2.45) is 0 Å². The smallest absolute Gasteiger partial charge is 0.130 e. The number of hydrogen-bond donors (Lipinski definition) is 1. The first-order chi connectivity index (χ1) is 10.7. The number of allylic oxidation sites excluding steroid dienone is 6. The molecule has 112 valence electrons. The average Bonchev–Trinajstić information content (AvgIpc) is 2.88. The van der Waals surface area contributed by atoms with Crippen LogP contribution in [0.1, 0.15) is 18.7 Å². The second-order valence-corrected chi connectivity index (χ2v) is 4.92. The Balaban J connectivity index is 2.54. The van der Waals surface area contributed by atoms with Crippen molar-refractivity contribution in [2.45, 2.75) is 13.1 Å². The minimum atomic E-state index is -0.00518. The zero-order chi connectivity index (χ0) is 15.9. The number of nitrogens with zero attached hydrogens (tertiary/aromatic N) is 1. The van der Waals surface area contributed by atoms with Gasteiger partial charge >= 0.3 is 0 Å². The Kier molecular flexibility index (Phi) is 5.21. The Morgan fingerprint density at radius 3 is 2.55 bits per heavy atom. The molecule has 0 amide bonds. The van der Waals surface area contributed by atoms with Crippen LogP contribution in [0.4, 0.5) is 0 Å². The molecule has 1 N–H and O–H groups in total. The normalized spacial score (nSPS) is 20.5. The molecule has 22 heavy (non-hydrogen) atoms. The Morgan fingerprint density at radius 1 is 1.23 bits per heavy atom. The van der Waals surface area contributed by atoms with Gasteiger partial charge in [-0.1, -0.05) is 68.3 Å². The molecule has 0 aromatic heterocycles. The van der Waals surface area contributed by atoms with E-state index in [1.807, 2.05) is 49.4 Å². The van der Waals surface area contributed by atoms with Gasteiger partial charge in [0.25, 0.3) is 0 Å². The molecule has 2 heteroatoms. The SMILES string of the molecule is C=C/C=C(\C=C)N1/C(=C/C=C\C)C(=C)NC1c1ccccc1. The van der Waals surface area contributed by atoms with Gasteiger partial charge in [0.05, 0.1) is 11.4 Å². The lowest BCUT2D eigenvalue weighted by molar-refractivity contribution is 0.355. The second kappa shape index (κ2) is 7.32. The van der Waals surface area contributed by atoms with Crippen LogP contribution in [0.3, 0.4) is 0 Å². The van der Waals surface area contributed by atoms with Crippen molar-refractivity contribution in [3.05, 3.63) is 109 Å². The lowest BCUT2D eigenvalue weighted by Crippen LogP contribution is -2.25. The van der Waals surface area contributed by atoms with Gasteiger partial charge in [0.15, 0.2) is 0 Å². The van der Waals surface area contributed by atoms with Gasteiger partial charge in [-0.25, -0.2) is 0 Å². The largest absolute Gasteiger partial charge is 0.360 e. The summed E-state index contributed by atoms with van der Waals surface area (Å²) in [4.78, 5) is 2.19. The molecule has 1 unspecified atom stereocenters. The summed E-state index contributed by atoms with van der Waals surface area (Å²) in [5, 5.41) is 3.46. The van der Waals surface area contributed by atoms with Crippen LogP contribution in [0.5, 0.6) is 0 Å². The lowest BCUT2D eigenvalue weighted by atomic mass is 10.1. The van der Waals surface area contributed by atoms with E-state index in [1.54, 1.807) is 6.08 Å². The Bertz CT molecular complexity index is 648. The molecule has 1 aromatic carbocycles. The first kappa shape index (κ1) is 15.6. The van der Waals surface area contributed by atoms with Crippen LogP contribution in [0.15, 0.2) is 104 Å². The summed E-state index contributed by atoms with van der Waals surface area (Å²) in [6.45, 7) is 13.9. The Hall–Kier alpha value is -2.74. The van der Waals surface area contributed by atoms with Gasteiger partial charge in [0, 0.05) is 5.70 Å². The molecule has 0 radical (unpaired) electrons. The monoisotopic (exact) mass is 290 g/mol. The molecule has 0 spiro atoms. The van der Waals surface area contributed by atoms with E-state index >= 15 is 0 Å². The van der Waals surface area contributed by atoms with Crippen molar-refractivity contribution in [3.8, 4) is 0 Å². The molecule has 1 fully saturated rings. The number of nitrogens with one attached hydrogen (secondary N) is 1. The van der Waals surface area contributed by atoms with E-state index in [4.69, 9.17) is 0 Å². The molecule has 2 rings (SSSR count). The van der Waals surface area contributed by atoms with E-state index in [9.17, 15) is 0 Å². The summed E-state index contributed by atoms with van der Waals surface area (Å²) in [7, 11) is 0. The maximum atomic E-state index is 4.15. The lowest BCUT2D eigenvalue weighted by Gasteiger charge is -2.27. The highest BCUT2D eigenvalue weighted by atomic mass is 15.3. The van der Waals surface area contributed by atoms with Crippen LogP contribution >= 0.6 is 0 Å². The molecule has 1 aliphatic heterocycles. The third kappa shape index (κ3) is 3.12. The van der Waals surface area contributed by atoms with Crippen molar-refractivity contribution < 1.29 is 0 Å². The molecular formula is C20H22N2. The van der Waals surface area contributed by atoms with E-state index in [2.05, 4.69) is 48.2 Å². The Labute approximate surface area is 133 Å². The van der Waals surface area contributed by atoms with Gasteiger partial charge in [-0.05, 0) is 30.7 Å². The fourth-order valence-electron chi connectivity index (χ4n) is 2.48. The fourth-order valence-corrected chi connectivity index (χ4v) is 2.48. The van der Waals surface area contributed by atoms with Gasteiger partial charge in [0.2, 0.25) is 0 Å². The minimum absolute atomic E-state index is 0.00518. The average molecular weight is 290 g/mol. The van der Waals surface area contributed by atoms with Crippen molar-refractivity contribution in [1.29, 1.82) is 0 Å². The highest BCUT2D eigenvalue weighted by Crippen LogP contribution is 2.36. The third-order valence-corrected chi connectivity index (χ3v) is 3.48. The summed E-state index contributed by atoms with van der Waals surface area (Å²) in [5.41, 5.74) is 4.07. The third-order valence-electron chi connectivity index (χ3n) is 3.48. The molecule has 1 heterocycles. The first-order valence-electron chi connectivity index (χ1n) is 7.31. The molecule has 2 nitrogen and oxygen atoms in total. The van der Waals surface area contributed by atoms with E-state index in [0.717, 1.165) is 17.1 Å². The van der Waals surface area contributed by atoms with Crippen molar-refractivity contribution >= 4 is 0 Å². The van der Waals surface area contributed by atoms with E-state index in [1.165, 1.54) is 5.56 Å². The zero-order valence-corrected chi connectivity index (χ0v) is 13.0. The molecule has 1 aromatic rings. The molecular weight excluding hydrogens is 268 g/mol. The molecule has 1 atom stereocenters. The predicted molar refractivity (Wildman–Crippen MR) is 94.7 cm³/mol. The van der Waals surface area contributed by atoms with E-state index in [0.29, 0.717) is 0 Å². The summed E-state index contributed by atoms with van der Waals surface area (Å²) >= 11 is 0. The van der Waals surface area contributed by atoms with Crippen molar-refractivity contribution in [3.63, 3.8) is 0 Å². The highest BCUT2D eigenvalue weighted by molar-refractivity contribution is 5.43.